The van der Waals surface area contributed by atoms with E-state index in [1.807, 2.05) is 12.3 Å². The molecule has 0 aromatic carbocycles. The fourth-order valence-corrected chi connectivity index (χ4v) is 2.39. The van der Waals surface area contributed by atoms with E-state index >= 15 is 0 Å². The molecule has 0 saturated carbocycles. The van der Waals surface area contributed by atoms with E-state index in [4.69, 9.17) is 11.6 Å². The van der Waals surface area contributed by atoms with Crippen molar-refractivity contribution in [3.63, 3.8) is 0 Å². The van der Waals surface area contributed by atoms with Gasteiger partial charge in [-0.05, 0) is 28.4 Å². The maximum atomic E-state index is 11.4. The topological polar surface area (TPSA) is 17.1 Å². The van der Waals surface area contributed by atoms with Crippen molar-refractivity contribution in [3.05, 3.63) is 20.8 Å². The highest BCUT2D eigenvalue weighted by atomic mass is 79.9. The number of hydrogen-bond acceptors (Lipinski definition) is 2. The van der Waals surface area contributed by atoms with Gasteiger partial charge in [0.25, 0.3) is 0 Å². The van der Waals surface area contributed by atoms with Gasteiger partial charge in [-0.25, -0.2) is 0 Å². The second-order valence-electron chi connectivity index (χ2n) is 2.37. The Kier molecular flexibility index (Phi) is 3.75. The molecule has 1 nitrogen and oxygen atoms in total. The number of rotatable bonds is 3. The summed E-state index contributed by atoms with van der Waals surface area (Å²) in [4.78, 5) is 12.2. The number of ketones is 1. The lowest BCUT2D eigenvalue weighted by molar-refractivity contribution is 0.0989. The summed E-state index contributed by atoms with van der Waals surface area (Å²) in [5.74, 6) is 0.0230. The fraction of sp³-hybridized carbons (Fsp3) is 0.375. The lowest BCUT2D eigenvalue weighted by atomic mass is 10.2. The van der Waals surface area contributed by atoms with Crippen molar-refractivity contribution in [3.8, 4) is 0 Å². The Morgan fingerprint density at radius 2 is 2.50 bits per heavy atom. The number of carbonyl (C=O) groups excluding carboxylic acids is 1. The average molecular weight is 268 g/mol. The zero-order valence-electron chi connectivity index (χ0n) is 6.51. The molecule has 1 heterocycles. The summed E-state index contributed by atoms with van der Waals surface area (Å²) in [6.45, 7) is 1.90. The van der Waals surface area contributed by atoms with Crippen LogP contribution in [0.3, 0.4) is 0 Å². The normalized spacial score (nSPS) is 12.9. The highest BCUT2D eigenvalue weighted by Crippen LogP contribution is 2.22. The van der Waals surface area contributed by atoms with Crippen molar-refractivity contribution in [2.45, 2.75) is 18.7 Å². The minimum Gasteiger partial charge on any atom is -0.292 e. The first kappa shape index (κ1) is 10.2. The molecule has 0 aliphatic rings. The molecule has 66 valence electrons. The average Bonchev–Trinajstić information content (AvgIpc) is 2.49. The summed E-state index contributed by atoms with van der Waals surface area (Å²) in [6.07, 6.45) is 0.676. The van der Waals surface area contributed by atoms with Crippen LogP contribution in [0.25, 0.3) is 0 Å². The van der Waals surface area contributed by atoms with Crippen LogP contribution in [0.2, 0.25) is 0 Å². The van der Waals surface area contributed by atoms with Gasteiger partial charge in [0.05, 0.1) is 10.3 Å². The minimum absolute atomic E-state index is 0.0230. The zero-order chi connectivity index (χ0) is 9.14. The first-order valence-corrected chi connectivity index (χ1v) is 5.68. The van der Waals surface area contributed by atoms with E-state index in [0.29, 0.717) is 6.42 Å². The van der Waals surface area contributed by atoms with Crippen LogP contribution in [0.5, 0.6) is 0 Å². The molecule has 1 aromatic rings. The van der Waals surface area contributed by atoms with Crippen LogP contribution in [-0.4, -0.2) is 11.2 Å². The van der Waals surface area contributed by atoms with Crippen molar-refractivity contribution in [1.82, 2.24) is 0 Å². The quantitative estimate of drug-likeness (QED) is 0.603. The Morgan fingerprint density at radius 1 is 1.83 bits per heavy atom. The van der Waals surface area contributed by atoms with Crippen LogP contribution >= 0.6 is 38.9 Å². The van der Waals surface area contributed by atoms with Gasteiger partial charge in [0, 0.05) is 9.85 Å². The summed E-state index contributed by atoms with van der Waals surface area (Å²) in [7, 11) is 0. The third kappa shape index (κ3) is 2.31. The first-order valence-electron chi connectivity index (χ1n) is 3.57. The molecule has 0 N–H and O–H groups in total. The summed E-state index contributed by atoms with van der Waals surface area (Å²) in [6, 6.07) is 1.80. The number of halogens is 2. The highest BCUT2D eigenvalue weighted by molar-refractivity contribution is 9.10. The van der Waals surface area contributed by atoms with Gasteiger partial charge in [-0.1, -0.05) is 6.92 Å². The maximum absolute atomic E-state index is 11.4. The van der Waals surface area contributed by atoms with E-state index < -0.39 is 0 Å². The Morgan fingerprint density at radius 3 is 2.92 bits per heavy atom. The minimum atomic E-state index is -0.379. The van der Waals surface area contributed by atoms with Gasteiger partial charge in [0.15, 0.2) is 5.78 Å². The summed E-state index contributed by atoms with van der Waals surface area (Å²) in [5, 5.41) is 1.50. The SMILES string of the molecule is CCC(Cl)C(=O)c1cc(Br)cs1. The van der Waals surface area contributed by atoms with Crippen LogP contribution in [0, 0.1) is 0 Å². The van der Waals surface area contributed by atoms with E-state index in [2.05, 4.69) is 15.9 Å². The highest BCUT2D eigenvalue weighted by Gasteiger charge is 2.16. The largest absolute Gasteiger partial charge is 0.292 e. The fourth-order valence-electron chi connectivity index (χ4n) is 0.782. The predicted molar refractivity (Wildman–Crippen MR) is 56.3 cm³/mol. The number of hydrogen-bond donors (Lipinski definition) is 0. The Labute approximate surface area is 88.9 Å². The van der Waals surface area contributed by atoms with Crippen molar-refractivity contribution in [2.75, 3.05) is 0 Å². The molecule has 0 spiro atoms. The van der Waals surface area contributed by atoms with E-state index in [1.54, 1.807) is 6.07 Å². The van der Waals surface area contributed by atoms with E-state index in [1.165, 1.54) is 11.3 Å². The number of Topliss-reactive ketones (excluding diaryl/α,β-unsaturated/α-hetero) is 1. The number of alkyl halides is 1. The first-order chi connectivity index (χ1) is 5.65. The van der Waals surface area contributed by atoms with Gasteiger partial charge in [-0.15, -0.1) is 22.9 Å². The number of thiophene rings is 1. The molecule has 1 unspecified atom stereocenters. The molecular formula is C8H8BrClOS. The third-order valence-electron chi connectivity index (χ3n) is 1.45. The Hall–Kier alpha value is 0.140. The van der Waals surface area contributed by atoms with E-state index in [0.717, 1.165) is 9.35 Å². The van der Waals surface area contributed by atoms with Gasteiger partial charge in [0.1, 0.15) is 0 Å². The van der Waals surface area contributed by atoms with Crippen molar-refractivity contribution in [1.29, 1.82) is 0 Å². The maximum Gasteiger partial charge on any atom is 0.190 e. The molecule has 0 fully saturated rings. The van der Waals surface area contributed by atoms with Gasteiger partial charge in [0.2, 0.25) is 0 Å². The number of carbonyl (C=O) groups is 1. The van der Waals surface area contributed by atoms with Crippen molar-refractivity contribution >= 4 is 44.7 Å². The van der Waals surface area contributed by atoms with Crippen molar-refractivity contribution in [2.24, 2.45) is 0 Å². The van der Waals surface area contributed by atoms with E-state index in [9.17, 15) is 4.79 Å². The third-order valence-corrected chi connectivity index (χ3v) is 3.67. The van der Waals surface area contributed by atoms with E-state index in [-0.39, 0.29) is 11.2 Å². The Bertz CT molecular complexity index is 284. The molecule has 1 rings (SSSR count). The summed E-state index contributed by atoms with van der Waals surface area (Å²) >= 11 is 10.5. The zero-order valence-corrected chi connectivity index (χ0v) is 9.67. The summed E-state index contributed by atoms with van der Waals surface area (Å²) < 4.78 is 0.941. The van der Waals surface area contributed by atoms with Gasteiger partial charge >= 0.3 is 0 Å². The molecule has 0 saturated heterocycles. The molecule has 1 atom stereocenters. The van der Waals surface area contributed by atoms with Gasteiger partial charge in [-0.2, -0.15) is 0 Å². The molecule has 0 amide bonds. The smallest absolute Gasteiger partial charge is 0.190 e. The molecule has 0 aliphatic carbocycles. The lowest BCUT2D eigenvalue weighted by Crippen LogP contribution is -2.11. The van der Waals surface area contributed by atoms with Gasteiger partial charge in [-0.3, -0.25) is 4.79 Å². The van der Waals surface area contributed by atoms with Crippen LogP contribution in [0.1, 0.15) is 23.0 Å². The predicted octanol–water partition coefficient (Wildman–Crippen LogP) is 3.71. The molecule has 4 heteroatoms. The van der Waals surface area contributed by atoms with Crippen molar-refractivity contribution < 1.29 is 4.79 Å². The van der Waals surface area contributed by atoms with Crippen LogP contribution in [-0.2, 0) is 0 Å². The molecule has 0 aliphatic heterocycles. The summed E-state index contributed by atoms with van der Waals surface area (Å²) in [5.41, 5.74) is 0. The molecule has 12 heavy (non-hydrogen) atoms. The molecule has 0 radical (unpaired) electrons. The standard InChI is InChI=1S/C8H8BrClOS/c1-2-6(10)8(11)7-3-5(9)4-12-7/h3-4,6H,2H2,1H3. The monoisotopic (exact) mass is 266 g/mol. The molecule has 1 aromatic heterocycles. The second kappa shape index (κ2) is 4.40. The second-order valence-corrected chi connectivity index (χ2v) is 4.72. The van der Waals surface area contributed by atoms with Crippen LogP contribution in [0.15, 0.2) is 15.9 Å². The van der Waals surface area contributed by atoms with Crippen LogP contribution < -0.4 is 0 Å². The molecule has 0 bridgehead atoms. The lowest BCUT2D eigenvalue weighted by Gasteiger charge is -2.01. The van der Waals surface area contributed by atoms with Crippen LogP contribution in [0.4, 0.5) is 0 Å². The molecular weight excluding hydrogens is 260 g/mol. The Balaban J connectivity index is 2.78. The van der Waals surface area contributed by atoms with Gasteiger partial charge < -0.3 is 0 Å².